The molecule has 1 N–H and O–H groups in total. The predicted molar refractivity (Wildman–Crippen MR) is 106 cm³/mol. The Morgan fingerprint density at radius 2 is 1.93 bits per heavy atom. The summed E-state index contributed by atoms with van der Waals surface area (Å²) in [5.74, 6) is -0.303. The van der Waals surface area contributed by atoms with Gasteiger partial charge in [-0.25, -0.2) is 9.18 Å². The first-order valence-corrected chi connectivity index (χ1v) is 9.54. The number of halogens is 1. The fourth-order valence-electron chi connectivity index (χ4n) is 3.56. The molecule has 0 bridgehead atoms. The number of rotatable bonds is 6. The summed E-state index contributed by atoms with van der Waals surface area (Å²) in [5.41, 5.74) is 3.43. The minimum Gasteiger partial charge on any atom is -0.465 e. The van der Waals surface area contributed by atoms with Gasteiger partial charge < -0.3 is 14.7 Å². The van der Waals surface area contributed by atoms with E-state index in [0.717, 1.165) is 16.8 Å². The molecule has 4 rings (SSSR count). The van der Waals surface area contributed by atoms with Crippen LogP contribution < -0.4 is 0 Å². The van der Waals surface area contributed by atoms with E-state index in [1.165, 1.54) is 17.0 Å². The highest BCUT2D eigenvalue weighted by Crippen LogP contribution is 2.28. The molecule has 1 atom stereocenters. The highest BCUT2D eigenvalue weighted by Gasteiger charge is 2.29. The van der Waals surface area contributed by atoms with E-state index in [1.54, 1.807) is 12.1 Å². The van der Waals surface area contributed by atoms with E-state index in [1.807, 2.05) is 41.1 Å². The molecular formula is C22H22FN3O3. The number of amides is 1. The van der Waals surface area contributed by atoms with E-state index >= 15 is 0 Å². The molecule has 0 fully saturated rings. The standard InChI is InChI=1S/C22H22FN3O3/c23-18-8-6-17(7-9-18)21-12-20-14-25(22(27)28)13-19(26(20)24-21)10-11-29-15-16-4-2-1-3-5-16/h1-9,12,19H,10-11,13-15H2,(H,27,28). The highest BCUT2D eigenvalue weighted by molar-refractivity contribution is 5.66. The largest absolute Gasteiger partial charge is 0.465 e. The number of hydrogen-bond donors (Lipinski definition) is 1. The number of ether oxygens (including phenoxy) is 1. The molecule has 0 saturated heterocycles. The lowest BCUT2D eigenvalue weighted by Crippen LogP contribution is -2.40. The quantitative estimate of drug-likeness (QED) is 0.631. The molecule has 0 spiro atoms. The first-order valence-electron chi connectivity index (χ1n) is 9.54. The van der Waals surface area contributed by atoms with Gasteiger partial charge in [0.05, 0.1) is 30.6 Å². The number of fused-ring (bicyclic) bond motifs is 1. The molecule has 1 amide bonds. The lowest BCUT2D eigenvalue weighted by Gasteiger charge is -2.32. The van der Waals surface area contributed by atoms with Crippen LogP contribution in [-0.4, -0.2) is 39.0 Å². The molecule has 1 aliphatic rings. The van der Waals surface area contributed by atoms with Crippen LogP contribution in [0.25, 0.3) is 11.3 Å². The van der Waals surface area contributed by atoms with Gasteiger partial charge in [0.1, 0.15) is 5.82 Å². The molecule has 150 valence electrons. The zero-order valence-corrected chi connectivity index (χ0v) is 15.9. The second-order valence-corrected chi connectivity index (χ2v) is 7.12. The Hall–Kier alpha value is -3.19. The Morgan fingerprint density at radius 3 is 2.66 bits per heavy atom. The second-order valence-electron chi connectivity index (χ2n) is 7.12. The van der Waals surface area contributed by atoms with E-state index in [2.05, 4.69) is 5.10 Å². The summed E-state index contributed by atoms with van der Waals surface area (Å²) in [6.07, 6.45) is -0.301. The number of hydrogen-bond acceptors (Lipinski definition) is 3. The molecule has 1 aliphatic heterocycles. The molecule has 3 aromatic rings. The Balaban J connectivity index is 1.48. The lowest BCUT2D eigenvalue weighted by molar-refractivity contribution is 0.0843. The molecule has 29 heavy (non-hydrogen) atoms. The molecule has 0 saturated carbocycles. The number of nitrogens with zero attached hydrogens (tertiary/aromatic N) is 3. The Labute approximate surface area is 168 Å². The third kappa shape index (κ3) is 4.46. The van der Waals surface area contributed by atoms with Gasteiger partial charge in [-0.3, -0.25) is 4.68 Å². The van der Waals surface area contributed by atoms with E-state index in [0.29, 0.717) is 31.9 Å². The predicted octanol–water partition coefficient (Wildman–Crippen LogP) is 4.33. The summed E-state index contributed by atoms with van der Waals surface area (Å²) in [4.78, 5) is 13.0. The van der Waals surface area contributed by atoms with E-state index < -0.39 is 6.09 Å². The summed E-state index contributed by atoms with van der Waals surface area (Å²) >= 11 is 0. The minimum absolute atomic E-state index is 0.111. The van der Waals surface area contributed by atoms with Crippen LogP contribution in [-0.2, 0) is 17.9 Å². The van der Waals surface area contributed by atoms with Crippen molar-refractivity contribution in [1.82, 2.24) is 14.7 Å². The molecular weight excluding hydrogens is 373 g/mol. The normalized spacial score (nSPS) is 15.9. The van der Waals surface area contributed by atoms with Crippen molar-refractivity contribution >= 4 is 6.09 Å². The van der Waals surface area contributed by atoms with Crippen LogP contribution in [0, 0.1) is 5.82 Å². The first-order chi connectivity index (χ1) is 14.1. The van der Waals surface area contributed by atoms with Crippen molar-refractivity contribution in [2.45, 2.75) is 25.6 Å². The van der Waals surface area contributed by atoms with Crippen molar-refractivity contribution < 1.29 is 19.0 Å². The molecule has 0 aliphatic carbocycles. The van der Waals surface area contributed by atoms with Crippen molar-refractivity contribution in [3.8, 4) is 11.3 Å². The van der Waals surface area contributed by atoms with E-state index in [4.69, 9.17) is 4.74 Å². The second kappa shape index (κ2) is 8.45. The Bertz CT molecular complexity index is 973. The van der Waals surface area contributed by atoms with Crippen molar-refractivity contribution in [3.63, 3.8) is 0 Å². The van der Waals surface area contributed by atoms with Gasteiger partial charge in [-0.2, -0.15) is 5.10 Å². The molecule has 0 radical (unpaired) electrons. The molecule has 6 nitrogen and oxygen atoms in total. The number of benzene rings is 2. The highest BCUT2D eigenvalue weighted by atomic mass is 19.1. The van der Waals surface area contributed by atoms with Crippen LogP contribution in [0.2, 0.25) is 0 Å². The third-order valence-electron chi connectivity index (χ3n) is 5.06. The minimum atomic E-state index is -0.948. The first kappa shape index (κ1) is 19.1. The zero-order chi connectivity index (χ0) is 20.2. The van der Waals surface area contributed by atoms with Crippen LogP contribution in [0.4, 0.5) is 9.18 Å². The zero-order valence-electron chi connectivity index (χ0n) is 15.9. The van der Waals surface area contributed by atoms with Gasteiger partial charge in [0.2, 0.25) is 0 Å². The summed E-state index contributed by atoms with van der Waals surface area (Å²) < 4.78 is 20.9. The Kier molecular flexibility index (Phi) is 5.57. The maximum absolute atomic E-state index is 13.2. The average molecular weight is 395 g/mol. The van der Waals surface area contributed by atoms with Crippen molar-refractivity contribution in [3.05, 3.63) is 77.7 Å². The van der Waals surface area contributed by atoms with E-state index in [-0.39, 0.29) is 18.4 Å². The third-order valence-corrected chi connectivity index (χ3v) is 5.06. The van der Waals surface area contributed by atoms with Gasteiger partial charge in [-0.15, -0.1) is 0 Å². The van der Waals surface area contributed by atoms with Gasteiger partial charge in [-0.1, -0.05) is 30.3 Å². The fourth-order valence-corrected chi connectivity index (χ4v) is 3.56. The molecule has 1 unspecified atom stereocenters. The molecule has 2 heterocycles. The molecule has 7 heteroatoms. The summed E-state index contributed by atoms with van der Waals surface area (Å²) in [5, 5.41) is 14.2. The maximum Gasteiger partial charge on any atom is 0.407 e. The smallest absolute Gasteiger partial charge is 0.407 e. The molecule has 1 aromatic heterocycles. The summed E-state index contributed by atoms with van der Waals surface area (Å²) in [6.45, 7) is 1.66. The van der Waals surface area contributed by atoms with E-state index in [9.17, 15) is 14.3 Å². The monoisotopic (exact) mass is 395 g/mol. The van der Waals surface area contributed by atoms with Crippen molar-refractivity contribution in [2.75, 3.05) is 13.2 Å². The van der Waals surface area contributed by atoms with Crippen LogP contribution in [0.5, 0.6) is 0 Å². The van der Waals surface area contributed by atoms with Crippen molar-refractivity contribution in [2.24, 2.45) is 0 Å². The van der Waals surface area contributed by atoms with Crippen LogP contribution in [0.3, 0.4) is 0 Å². The number of carboxylic acid groups (broad SMARTS) is 1. The number of aromatic nitrogens is 2. The summed E-state index contributed by atoms with van der Waals surface area (Å²) in [7, 11) is 0. The average Bonchev–Trinajstić information content (AvgIpc) is 3.16. The van der Waals surface area contributed by atoms with Gasteiger partial charge in [0.25, 0.3) is 0 Å². The molecule has 2 aromatic carbocycles. The topological polar surface area (TPSA) is 67.6 Å². The maximum atomic E-state index is 13.2. The van der Waals surface area contributed by atoms with Gasteiger partial charge in [0.15, 0.2) is 0 Å². The van der Waals surface area contributed by atoms with Crippen molar-refractivity contribution in [1.29, 1.82) is 0 Å². The summed E-state index contributed by atoms with van der Waals surface area (Å²) in [6, 6.07) is 17.8. The van der Waals surface area contributed by atoms with Crippen LogP contribution >= 0.6 is 0 Å². The van der Waals surface area contributed by atoms with Gasteiger partial charge in [0, 0.05) is 18.7 Å². The van der Waals surface area contributed by atoms with Gasteiger partial charge in [-0.05, 0) is 42.3 Å². The Morgan fingerprint density at radius 1 is 1.17 bits per heavy atom. The fraction of sp³-hybridized carbons (Fsp3) is 0.273. The van der Waals surface area contributed by atoms with Crippen LogP contribution in [0.1, 0.15) is 23.7 Å². The van der Waals surface area contributed by atoms with Gasteiger partial charge >= 0.3 is 6.09 Å². The van der Waals surface area contributed by atoms with Crippen LogP contribution in [0.15, 0.2) is 60.7 Å². The SMILES string of the molecule is O=C(O)N1Cc2cc(-c3ccc(F)cc3)nn2C(CCOCc2ccccc2)C1. The number of carbonyl (C=O) groups is 1. The lowest BCUT2D eigenvalue weighted by atomic mass is 10.1.